The van der Waals surface area contributed by atoms with Gasteiger partial charge in [-0.15, -0.1) is 0 Å². The van der Waals surface area contributed by atoms with E-state index in [1.165, 1.54) is 0 Å². The van der Waals surface area contributed by atoms with Gasteiger partial charge in [0.2, 0.25) is 0 Å². The normalized spacial score (nSPS) is 12.5. The molecule has 0 saturated carbocycles. The molecule has 2 aliphatic rings. The Labute approximate surface area is 424 Å². The molecule has 0 bridgehead atoms. The van der Waals surface area contributed by atoms with Crippen LogP contribution in [0.4, 0.5) is 34.1 Å². The number of nitrogens with zero attached hydrogens (tertiary/aromatic N) is 6. The lowest BCUT2D eigenvalue weighted by Crippen LogP contribution is -2.16. The van der Waals surface area contributed by atoms with Crippen molar-refractivity contribution in [2.24, 2.45) is 0 Å². The second-order valence-electron chi connectivity index (χ2n) is 18.7. The molecule has 0 fully saturated rings. The summed E-state index contributed by atoms with van der Waals surface area (Å²) in [7, 11) is 0. The lowest BCUT2D eigenvalue weighted by molar-refractivity contribution is 0.477. The summed E-state index contributed by atoms with van der Waals surface area (Å²) in [6.45, 7) is 0. The molecular weight excluding hydrogens is 909 g/mol. The molecule has 0 radical (unpaired) electrons. The zero-order valence-electron chi connectivity index (χ0n) is 39.3. The Bertz CT molecular complexity index is 4300. The van der Waals surface area contributed by atoms with Crippen molar-refractivity contribution in [3.05, 3.63) is 230 Å². The summed E-state index contributed by atoms with van der Waals surface area (Å²) in [5, 5.41) is 27.6. The van der Waals surface area contributed by atoms with Crippen LogP contribution in [0.25, 0.3) is 87.4 Å². The van der Waals surface area contributed by atoms with Crippen LogP contribution in [0.15, 0.2) is 218 Å². The first-order valence-electron chi connectivity index (χ1n) is 24.4. The molecule has 1 aromatic heterocycles. The molecule has 0 amide bonds. The molecule has 0 saturated heterocycles. The van der Waals surface area contributed by atoms with Gasteiger partial charge >= 0.3 is 0 Å². The van der Waals surface area contributed by atoms with E-state index in [4.69, 9.17) is 19.4 Å². The first kappa shape index (κ1) is 41.3. The number of benzene rings is 12. The Morgan fingerprint density at radius 1 is 0.297 bits per heavy atom. The minimum Gasteiger partial charge on any atom is -0.453 e. The van der Waals surface area contributed by atoms with E-state index in [2.05, 4.69) is 119 Å². The van der Waals surface area contributed by atoms with Crippen LogP contribution in [-0.2, 0) is 0 Å². The van der Waals surface area contributed by atoms with Gasteiger partial charge in [-0.3, -0.25) is 0 Å². The van der Waals surface area contributed by atoms with Crippen LogP contribution in [0.3, 0.4) is 0 Å². The minimum absolute atomic E-state index is 0.596. The molecule has 3 heterocycles. The highest BCUT2D eigenvalue weighted by atomic mass is 16.5. The second-order valence-corrected chi connectivity index (χ2v) is 18.7. The maximum Gasteiger partial charge on any atom is 0.151 e. The number of para-hydroxylation sites is 8. The fourth-order valence-electron chi connectivity index (χ4n) is 11.2. The Kier molecular flexibility index (Phi) is 8.92. The third-order valence-electron chi connectivity index (χ3n) is 14.6. The first-order valence-corrected chi connectivity index (χ1v) is 24.4. The number of rotatable bonds is 4. The van der Waals surface area contributed by atoms with E-state index in [1.54, 1.807) is 0 Å². The Morgan fingerprint density at radius 2 is 0.622 bits per heavy atom. The largest absolute Gasteiger partial charge is 0.453 e. The van der Waals surface area contributed by atoms with Gasteiger partial charge in [-0.1, -0.05) is 109 Å². The second kappa shape index (κ2) is 16.0. The fourth-order valence-corrected chi connectivity index (χ4v) is 11.2. The van der Waals surface area contributed by atoms with Crippen molar-refractivity contribution in [2.45, 2.75) is 0 Å². The standard InChI is InChI=1S/C66H36N6O2/c67-37-39-11-9-13-41(31-39)43-23-27-47-51(33-43)52-34-44(42-14-10-12-40(32-42)38-68)24-28-48(52)64-63(47)69-65-49-29-25-45(71-55-15-1-5-19-59(55)73-60-20-6-2-16-56(60)71)35-53(49)54-36-46(26-30-50(54)66(65)70-64)72-57-17-3-7-21-61(57)74-62-22-8-4-18-58(62)72/h1-36H. The van der Waals surface area contributed by atoms with Gasteiger partial charge < -0.3 is 19.3 Å². The van der Waals surface area contributed by atoms with Gasteiger partial charge in [-0.05, 0) is 153 Å². The molecular formula is C66H36N6O2. The van der Waals surface area contributed by atoms with Crippen LogP contribution in [0, 0.1) is 22.7 Å². The summed E-state index contributed by atoms with van der Waals surface area (Å²) >= 11 is 0. The molecule has 12 aromatic carbocycles. The molecule has 13 aromatic rings. The van der Waals surface area contributed by atoms with Crippen molar-refractivity contribution in [2.75, 3.05) is 9.80 Å². The van der Waals surface area contributed by atoms with Crippen LogP contribution in [-0.4, -0.2) is 9.97 Å². The Morgan fingerprint density at radius 3 is 0.986 bits per heavy atom. The van der Waals surface area contributed by atoms with Gasteiger partial charge in [0.25, 0.3) is 0 Å². The highest BCUT2D eigenvalue weighted by Gasteiger charge is 2.29. The quantitative estimate of drug-likeness (QED) is 0.127. The number of aromatic nitrogens is 2. The van der Waals surface area contributed by atoms with Crippen LogP contribution >= 0.6 is 0 Å². The third kappa shape index (κ3) is 6.26. The van der Waals surface area contributed by atoms with E-state index in [0.717, 1.165) is 145 Å². The number of hydrogen-bond acceptors (Lipinski definition) is 8. The van der Waals surface area contributed by atoms with Crippen molar-refractivity contribution in [3.63, 3.8) is 0 Å². The molecule has 15 rings (SSSR count). The molecule has 8 heteroatoms. The summed E-state index contributed by atoms with van der Waals surface area (Å²) in [4.78, 5) is 16.1. The van der Waals surface area contributed by atoms with Crippen LogP contribution in [0.5, 0.6) is 23.0 Å². The predicted octanol–water partition coefficient (Wildman–Crippen LogP) is 17.6. The van der Waals surface area contributed by atoms with Gasteiger partial charge in [-0.25, -0.2) is 9.97 Å². The summed E-state index contributed by atoms with van der Waals surface area (Å²) in [6, 6.07) is 79.0. The fraction of sp³-hybridized carbons (Fsp3) is 0. The average molecular weight is 945 g/mol. The smallest absolute Gasteiger partial charge is 0.151 e. The molecule has 74 heavy (non-hydrogen) atoms. The van der Waals surface area contributed by atoms with E-state index in [0.29, 0.717) is 11.1 Å². The zero-order valence-corrected chi connectivity index (χ0v) is 39.3. The summed E-state index contributed by atoms with van der Waals surface area (Å²) in [5.41, 5.74) is 13.9. The lowest BCUT2D eigenvalue weighted by atomic mass is 9.92. The Balaban J connectivity index is 1.04. The van der Waals surface area contributed by atoms with Crippen LogP contribution in [0.2, 0.25) is 0 Å². The Hall–Kier alpha value is -10.5. The highest BCUT2D eigenvalue weighted by molar-refractivity contribution is 6.29. The van der Waals surface area contributed by atoms with Crippen molar-refractivity contribution in [3.8, 4) is 57.4 Å². The molecule has 0 atom stereocenters. The van der Waals surface area contributed by atoms with Gasteiger partial charge in [-0.2, -0.15) is 10.5 Å². The van der Waals surface area contributed by atoms with Gasteiger partial charge in [0.15, 0.2) is 23.0 Å². The van der Waals surface area contributed by atoms with Crippen molar-refractivity contribution < 1.29 is 9.47 Å². The number of anilines is 6. The lowest BCUT2D eigenvalue weighted by Gasteiger charge is -2.33. The summed E-state index contributed by atoms with van der Waals surface area (Å²) in [5.74, 6) is 3.12. The SMILES string of the molecule is N#Cc1cccc(-c2ccc3c(c2)c2cc(-c4cccc(C#N)c4)ccc2c2nc4c5ccc(N6c7ccccc7Oc7ccccc76)cc5c5cc(N6c7ccccc7Oc7ccccc76)ccc5c4nc32)c1. The van der Waals surface area contributed by atoms with Crippen LogP contribution in [0.1, 0.15) is 11.1 Å². The van der Waals surface area contributed by atoms with E-state index in [9.17, 15) is 10.5 Å². The van der Waals surface area contributed by atoms with Gasteiger partial charge in [0.05, 0.1) is 68.1 Å². The molecule has 0 N–H and O–H groups in total. The van der Waals surface area contributed by atoms with E-state index >= 15 is 0 Å². The van der Waals surface area contributed by atoms with Crippen LogP contribution < -0.4 is 19.3 Å². The number of ether oxygens (including phenoxy) is 2. The zero-order chi connectivity index (χ0) is 49.0. The molecule has 342 valence electrons. The first-order chi connectivity index (χ1) is 36.6. The van der Waals surface area contributed by atoms with E-state index in [-0.39, 0.29) is 0 Å². The topological polar surface area (TPSA) is 98.3 Å². The molecule has 0 unspecified atom stereocenters. The van der Waals surface area contributed by atoms with Crippen molar-refractivity contribution >= 4 is 99.3 Å². The van der Waals surface area contributed by atoms with Crippen molar-refractivity contribution in [1.82, 2.24) is 9.97 Å². The molecule has 8 nitrogen and oxygen atoms in total. The van der Waals surface area contributed by atoms with Crippen molar-refractivity contribution in [1.29, 1.82) is 10.5 Å². The van der Waals surface area contributed by atoms with E-state index < -0.39 is 0 Å². The van der Waals surface area contributed by atoms with Gasteiger partial charge in [0.1, 0.15) is 0 Å². The third-order valence-corrected chi connectivity index (χ3v) is 14.6. The average Bonchev–Trinajstić information content (AvgIpc) is 3.52. The molecule has 0 aliphatic carbocycles. The summed E-state index contributed by atoms with van der Waals surface area (Å²) in [6.07, 6.45) is 0. The van der Waals surface area contributed by atoms with E-state index in [1.807, 2.05) is 121 Å². The highest BCUT2D eigenvalue weighted by Crippen LogP contribution is 2.53. The summed E-state index contributed by atoms with van der Waals surface area (Å²) < 4.78 is 12.9. The molecule has 0 spiro atoms. The number of nitriles is 2. The number of hydrogen-bond donors (Lipinski definition) is 0. The minimum atomic E-state index is 0.596. The number of fused-ring (bicyclic) bond motifs is 16. The maximum absolute atomic E-state index is 9.85. The monoisotopic (exact) mass is 944 g/mol. The molecule has 2 aliphatic heterocycles. The predicted molar refractivity (Wildman–Crippen MR) is 297 cm³/mol. The van der Waals surface area contributed by atoms with Gasteiger partial charge in [0, 0.05) is 32.9 Å². The maximum atomic E-state index is 9.85.